The lowest BCUT2D eigenvalue weighted by atomic mass is 10.0. The first-order chi connectivity index (χ1) is 13.7. The smallest absolute Gasteiger partial charge is 0.189 e. The van der Waals surface area contributed by atoms with E-state index in [9.17, 15) is 5.26 Å². The maximum absolute atomic E-state index is 9.93. The van der Waals surface area contributed by atoms with Gasteiger partial charge >= 0.3 is 0 Å². The fourth-order valence-electron chi connectivity index (χ4n) is 3.31. The zero-order chi connectivity index (χ0) is 19.9. The second-order valence-electron chi connectivity index (χ2n) is 6.63. The summed E-state index contributed by atoms with van der Waals surface area (Å²) < 4.78 is 11.3. The fraction of sp³-hybridized carbons (Fsp3) is 0.476. The first kappa shape index (κ1) is 20.3. The van der Waals surface area contributed by atoms with Gasteiger partial charge in [-0.25, -0.2) is 9.97 Å². The fourth-order valence-corrected chi connectivity index (χ4v) is 3.67. The lowest BCUT2D eigenvalue weighted by molar-refractivity contribution is 0.294. The van der Waals surface area contributed by atoms with E-state index in [-0.39, 0.29) is 0 Å². The molecule has 0 aliphatic carbocycles. The van der Waals surface area contributed by atoms with Gasteiger partial charge in [0.05, 0.1) is 19.4 Å². The van der Waals surface area contributed by atoms with Crippen molar-refractivity contribution in [1.29, 1.82) is 5.26 Å². The molecule has 1 aliphatic heterocycles. The van der Waals surface area contributed by atoms with E-state index in [1.807, 2.05) is 24.5 Å². The van der Waals surface area contributed by atoms with Crippen LogP contribution in [-0.2, 0) is 0 Å². The van der Waals surface area contributed by atoms with Gasteiger partial charge < -0.3 is 14.4 Å². The van der Waals surface area contributed by atoms with Crippen LogP contribution in [0.5, 0.6) is 11.5 Å². The molecule has 1 aromatic carbocycles. The van der Waals surface area contributed by atoms with Crippen molar-refractivity contribution in [3.63, 3.8) is 0 Å². The zero-order valence-electron chi connectivity index (χ0n) is 16.7. The molecule has 3 rings (SSSR count). The minimum Gasteiger partial charge on any atom is -0.493 e. The van der Waals surface area contributed by atoms with Gasteiger partial charge in [0.25, 0.3) is 0 Å². The van der Waals surface area contributed by atoms with Crippen molar-refractivity contribution in [1.82, 2.24) is 9.97 Å². The van der Waals surface area contributed by atoms with Crippen LogP contribution in [0.3, 0.4) is 0 Å². The minimum absolute atomic E-state index is 0.518. The maximum Gasteiger partial charge on any atom is 0.189 e. The maximum atomic E-state index is 9.93. The number of aromatic nitrogens is 2. The molecule has 1 fully saturated rings. The van der Waals surface area contributed by atoms with Gasteiger partial charge in [0.1, 0.15) is 11.6 Å². The average molecular weight is 399 g/mol. The number of benzene rings is 1. The van der Waals surface area contributed by atoms with Gasteiger partial charge in [-0.2, -0.15) is 5.26 Å². The predicted molar refractivity (Wildman–Crippen MR) is 112 cm³/mol. The highest BCUT2D eigenvalue weighted by molar-refractivity contribution is 7.98. The summed E-state index contributed by atoms with van der Waals surface area (Å²) in [6, 6.07) is 8.05. The van der Waals surface area contributed by atoms with Crippen molar-refractivity contribution < 1.29 is 9.47 Å². The molecule has 0 saturated carbocycles. The molecule has 0 unspecified atom stereocenters. The highest BCUT2D eigenvalue weighted by Gasteiger charge is 2.22. The lowest BCUT2D eigenvalue weighted by Crippen LogP contribution is -2.31. The monoisotopic (exact) mass is 398 g/mol. The van der Waals surface area contributed by atoms with E-state index in [1.54, 1.807) is 7.11 Å². The van der Waals surface area contributed by atoms with E-state index >= 15 is 0 Å². The number of rotatable bonds is 7. The standard InChI is InChI=1S/C21H26N4O2S/c1-4-12-27-17-9-8-15(13-18(17)26-2)19-16(14-22)20(24-21(23-19)28-3)25-10-6-5-7-11-25/h8-9,13H,4-7,10-12H2,1-3H3. The zero-order valence-corrected chi connectivity index (χ0v) is 17.5. The Morgan fingerprint density at radius 2 is 1.96 bits per heavy atom. The van der Waals surface area contributed by atoms with Crippen LogP contribution in [-0.4, -0.2) is 43.0 Å². The second kappa shape index (κ2) is 9.65. The number of nitrogens with zero attached hydrogens (tertiary/aromatic N) is 4. The Kier molecular flexibility index (Phi) is 6.99. The van der Waals surface area contributed by atoms with Crippen molar-refractivity contribution in [3.8, 4) is 28.8 Å². The van der Waals surface area contributed by atoms with E-state index in [2.05, 4.69) is 27.9 Å². The molecular weight excluding hydrogens is 372 g/mol. The second-order valence-corrected chi connectivity index (χ2v) is 7.40. The summed E-state index contributed by atoms with van der Waals surface area (Å²) in [7, 11) is 1.62. The third-order valence-electron chi connectivity index (χ3n) is 4.72. The van der Waals surface area contributed by atoms with E-state index in [0.717, 1.165) is 43.7 Å². The third-order valence-corrected chi connectivity index (χ3v) is 5.27. The van der Waals surface area contributed by atoms with E-state index in [0.29, 0.717) is 34.5 Å². The summed E-state index contributed by atoms with van der Waals surface area (Å²) >= 11 is 1.48. The number of methoxy groups -OCH3 is 1. The van der Waals surface area contributed by atoms with Crippen molar-refractivity contribution in [2.45, 2.75) is 37.8 Å². The lowest BCUT2D eigenvalue weighted by Gasteiger charge is -2.29. The summed E-state index contributed by atoms with van der Waals surface area (Å²) in [4.78, 5) is 11.5. The van der Waals surface area contributed by atoms with Gasteiger partial charge in [0.2, 0.25) is 0 Å². The molecule has 0 spiro atoms. The molecule has 0 N–H and O–H groups in total. The number of hydrogen-bond acceptors (Lipinski definition) is 7. The highest BCUT2D eigenvalue weighted by atomic mass is 32.2. The van der Waals surface area contributed by atoms with Gasteiger partial charge in [0.15, 0.2) is 22.5 Å². The molecule has 2 heterocycles. The molecule has 7 heteroatoms. The number of anilines is 1. The summed E-state index contributed by atoms with van der Waals surface area (Å²) in [5, 5.41) is 10.6. The number of piperidine rings is 1. The van der Waals surface area contributed by atoms with Crippen molar-refractivity contribution >= 4 is 17.6 Å². The molecule has 0 radical (unpaired) electrons. The summed E-state index contributed by atoms with van der Waals surface area (Å²) in [6.45, 7) is 4.54. The van der Waals surface area contributed by atoms with E-state index in [4.69, 9.17) is 9.47 Å². The molecule has 1 aliphatic rings. The number of nitriles is 1. The van der Waals surface area contributed by atoms with Crippen LogP contribution in [0.15, 0.2) is 23.4 Å². The van der Waals surface area contributed by atoms with Crippen LogP contribution in [0.1, 0.15) is 38.2 Å². The van der Waals surface area contributed by atoms with Gasteiger partial charge in [-0.3, -0.25) is 0 Å². The Labute approximate surface area is 170 Å². The Bertz CT molecular complexity index is 860. The largest absolute Gasteiger partial charge is 0.493 e. The topological polar surface area (TPSA) is 71.3 Å². The number of hydrogen-bond donors (Lipinski definition) is 0. The molecule has 0 atom stereocenters. The van der Waals surface area contributed by atoms with Crippen molar-refractivity contribution in [2.24, 2.45) is 0 Å². The third kappa shape index (κ3) is 4.33. The molecule has 0 amide bonds. The SMILES string of the molecule is CCCOc1ccc(-c2nc(SC)nc(N3CCCCC3)c2C#N)cc1OC. The minimum atomic E-state index is 0.518. The Morgan fingerprint density at radius 1 is 1.18 bits per heavy atom. The summed E-state index contributed by atoms with van der Waals surface area (Å²) in [6.07, 6.45) is 6.34. The van der Waals surface area contributed by atoms with E-state index < -0.39 is 0 Å². The van der Waals surface area contributed by atoms with Gasteiger partial charge in [-0.1, -0.05) is 18.7 Å². The first-order valence-electron chi connectivity index (χ1n) is 9.64. The van der Waals surface area contributed by atoms with Crippen LogP contribution < -0.4 is 14.4 Å². The molecule has 6 nitrogen and oxygen atoms in total. The summed E-state index contributed by atoms with van der Waals surface area (Å²) in [5.74, 6) is 2.07. The Balaban J connectivity index is 2.09. The van der Waals surface area contributed by atoms with Crippen LogP contribution in [0.2, 0.25) is 0 Å². The van der Waals surface area contributed by atoms with Gasteiger partial charge in [-0.15, -0.1) is 0 Å². The predicted octanol–water partition coefficient (Wildman–Crippen LogP) is 4.52. The molecule has 2 aromatic rings. The van der Waals surface area contributed by atoms with Gasteiger partial charge in [-0.05, 0) is 50.1 Å². The average Bonchev–Trinajstić information content (AvgIpc) is 2.77. The van der Waals surface area contributed by atoms with Crippen LogP contribution >= 0.6 is 11.8 Å². The molecule has 0 bridgehead atoms. The van der Waals surface area contributed by atoms with E-state index in [1.165, 1.54) is 18.2 Å². The summed E-state index contributed by atoms with van der Waals surface area (Å²) in [5.41, 5.74) is 1.99. The quantitative estimate of drug-likeness (QED) is 0.501. The van der Waals surface area contributed by atoms with Crippen LogP contribution in [0.25, 0.3) is 11.3 Å². The van der Waals surface area contributed by atoms with Crippen molar-refractivity contribution in [3.05, 3.63) is 23.8 Å². The molecule has 28 heavy (non-hydrogen) atoms. The normalized spacial score (nSPS) is 13.9. The molecule has 148 valence electrons. The first-order valence-corrected chi connectivity index (χ1v) is 10.9. The Hall–Kier alpha value is -2.46. The van der Waals surface area contributed by atoms with Crippen LogP contribution in [0.4, 0.5) is 5.82 Å². The molecular formula is C21H26N4O2S. The number of ether oxygens (including phenoxy) is 2. The highest BCUT2D eigenvalue weighted by Crippen LogP contribution is 2.36. The Morgan fingerprint density at radius 3 is 2.61 bits per heavy atom. The molecule has 1 saturated heterocycles. The number of thioether (sulfide) groups is 1. The van der Waals surface area contributed by atoms with Crippen LogP contribution in [0, 0.1) is 11.3 Å². The van der Waals surface area contributed by atoms with Crippen molar-refractivity contribution in [2.75, 3.05) is 38.0 Å². The molecule has 1 aromatic heterocycles. The van der Waals surface area contributed by atoms with Gasteiger partial charge in [0, 0.05) is 18.7 Å².